The SMILES string of the molecule is O=C([O-])C(=O)[O-].O=C1[O][Pb][O]C1=O.[Ba+2]. The van der Waals surface area contributed by atoms with E-state index in [2.05, 4.69) is 5.37 Å². The Balaban J connectivity index is 0. The zero-order chi connectivity index (χ0) is 10.4. The number of carbonyl (C=O) groups excluding carboxylic acids is 4. The second-order valence-electron chi connectivity index (χ2n) is 1.44. The Morgan fingerprint density at radius 2 is 1.29 bits per heavy atom. The van der Waals surface area contributed by atoms with Crippen LogP contribution in [0.25, 0.3) is 0 Å². The Hall–Kier alpha value is 0.374. The number of hydrogen-bond donors (Lipinski definition) is 0. The molecule has 1 rings (SSSR count). The summed E-state index contributed by atoms with van der Waals surface area (Å²) in [5.41, 5.74) is 0. The summed E-state index contributed by atoms with van der Waals surface area (Å²) in [6.07, 6.45) is 0. The van der Waals surface area contributed by atoms with Crippen molar-refractivity contribution in [2.75, 3.05) is 0 Å². The van der Waals surface area contributed by atoms with E-state index in [9.17, 15) is 9.59 Å². The van der Waals surface area contributed by atoms with Crippen LogP contribution in [0.1, 0.15) is 0 Å². The van der Waals surface area contributed by atoms with Crippen molar-refractivity contribution in [3.63, 3.8) is 0 Å². The van der Waals surface area contributed by atoms with Gasteiger partial charge in [-0.05, 0) is 0 Å². The molecule has 1 saturated heterocycles. The molecule has 0 aromatic carbocycles. The summed E-state index contributed by atoms with van der Waals surface area (Å²) in [5.74, 6) is -6.00. The maximum atomic E-state index is 9.93. The van der Waals surface area contributed by atoms with E-state index >= 15 is 0 Å². The van der Waals surface area contributed by atoms with Crippen molar-refractivity contribution in [1.82, 2.24) is 0 Å². The van der Waals surface area contributed by atoms with Crippen LogP contribution in [0.2, 0.25) is 0 Å². The molecule has 1 heterocycles. The van der Waals surface area contributed by atoms with E-state index in [1.165, 1.54) is 0 Å². The molecule has 1 aliphatic heterocycles. The molecule has 0 spiro atoms. The fraction of sp³-hybridized carbons (Fsp3) is 0. The molecule has 1 fully saturated rings. The molecule has 0 unspecified atom stereocenters. The Morgan fingerprint density at radius 3 is 1.36 bits per heavy atom. The summed E-state index contributed by atoms with van der Waals surface area (Å²) in [4.78, 5) is 37.7. The van der Waals surface area contributed by atoms with Gasteiger partial charge in [-0.3, -0.25) is 0 Å². The molecule has 70 valence electrons. The molecular formula is C4BaO8Pb. The van der Waals surface area contributed by atoms with Gasteiger partial charge in [0.25, 0.3) is 0 Å². The van der Waals surface area contributed by atoms with Crippen LogP contribution in [0.3, 0.4) is 0 Å². The molecule has 0 bridgehead atoms. The Labute approximate surface area is 131 Å². The Kier molecular flexibility index (Phi) is 10.4. The Morgan fingerprint density at radius 1 is 1.00 bits per heavy atom. The molecule has 14 heavy (non-hydrogen) atoms. The van der Waals surface area contributed by atoms with Crippen LogP contribution in [-0.2, 0) is 24.6 Å². The number of carbonyl (C=O) groups is 4. The van der Waals surface area contributed by atoms with Crippen LogP contribution < -0.4 is 10.2 Å². The third-order valence-corrected chi connectivity index (χ3v) is 2.69. The van der Waals surface area contributed by atoms with E-state index in [-0.39, 0.29) is 48.9 Å². The number of carboxylic acid groups (broad SMARTS) is 2. The molecule has 0 aliphatic carbocycles. The molecule has 0 aromatic heterocycles. The van der Waals surface area contributed by atoms with Gasteiger partial charge in [0.1, 0.15) is 0 Å². The molecule has 0 saturated carbocycles. The van der Waals surface area contributed by atoms with E-state index in [0.717, 1.165) is 0 Å². The summed E-state index contributed by atoms with van der Waals surface area (Å²) >= 11 is -1.66. The Bertz CT molecular complexity index is 236. The first-order chi connectivity index (χ1) is 5.95. The molecule has 0 aromatic rings. The molecule has 2 radical (unpaired) electrons. The van der Waals surface area contributed by atoms with Crippen molar-refractivity contribution in [3.8, 4) is 0 Å². The molecule has 0 atom stereocenters. The summed E-state index contributed by atoms with van der Waals surface area (Å²) in [5, 5.41) is 17.9. The minimum absolute atomic E-state index is 0. The zero-order valence-corrected chi connectivity index (χ0v) is 14.8. The summed E-state index contributed by atoms with van der Waals surface area (Å²) in [7, 11) is 0. The molecule has 0 N–H and O–H groups in total. The smallest absolute Gasteiger partial charge is 2.00 e. The number of carboxylic acids is 2. The van der Waals surface area contributed by atoms with Gasteiger partial charge in [-0.2, -0.15) is 0 Å². The monoisotopic (exact) mass is 522 g/mol. The van der Waals surface area contributed by atoms with Crippen LogP contribution in [0.4, 0.5) is 0 Å². The topological polar surface area (TPSA) is 133 Å². The van der Waals surface area contributed by atoms with E-state index in [1.807, 2.05) is 0 Å². The average molecular weight is 521 g/mol. The number of hydrogen-bond acceptors (Lipinski definition) is 8. The van der Waals surface area contributed by atoms with Crippen molar-refractivity contribution in [1.29, 1.82) is 0 Å². The van der Waals surface area contributed by atoms with Gasteiger partial charge in [-0.15, -0.1) is 0 Å². The first-order valence-electron chi connectivity index (χ1n) is 2.54. The quantitative estimate of drug-likeness (QED) is 0.229. The van der Waals surface area contributed by atoms with Gasteiger partial charge < -0.3 is 19.8 Å². The van der Waals surface area contributed by atoms with Gasteiger partial charge in [0.05, 0.1) is 11.9 Å². The normalized spacial score (nSPS) is 12.6. The van der Waals surface area contributed by atoms with Gasteiger partial charge in [-0.1, -0.05) is 0 Å². The predicted molar refractivity (Wildman–Crippen MR) is 33.7 cm³/mol. The van der Waals surface area contributed by atoms with Crippen LogP contribution in [0.15, 0.2) is 0 Å². The van der Waals surface area contributed by atoms with Crippen molar-refractivity contribution in [2.45, 2.75) is 0 Å². The number of rotatable bonds is 0. The van der Waals surface area contributed by atoms with Crippen LogP contribution in [0, 0.1) is 0 Å². The van der Waals surface area contributed by atoms with Crippen LogP contribution in [0.5, 0.6) is 0 Å². The van der Waals surface area contributed by atoms with Crippen molar-refractivity contribution < 1.29 is 34.8 Å². The minimum atomic E-state index is -2.19. The largest absolute Gasteiger partial charge is 2.00 e. The van der Waals surface area contributed by atoms with Crippen LogP contribution >= 0.6 is 0 Å². The predicted octanol–water partition coefficient (Wildman–Crippen LogP) is -5.27. The molecule has 1 aliphatic rings. The zero-order valence-electron chi connectivity index (χ0n) is 6.47. The van der Waals surface area contributed by atoms with Crippen molar-refractivity contribution >= 4 is 97.9 Å². The third kappa shape index (κ3) is 7.75. The van der Waals surface area contributed by atoms with E-state index in [0.29, 0.717) is 0 Å². The van der Waals surface area contributed by atoms with Crippen molar-refractivity contribution in [2.24, 2.45) is 0 Å². The summed E-state index contributed by atoms with van der Waals surface area (Å²) in [6, 6.07) is 0. The van der Waals surface area contributed by atoms with Gasteiger partial charge in [0.2, 0.25) is 0 Å². The second-order valence-corrected chi connectivity index (χ2v) is 3.67. The summed E-state index contributed by atoms with van der Waals surface area (Å²) < 4.78 is 8.50. The maximum Gasteiger partial charge on any atom is 2.00 e. The van der Waals surface area contributed by atoms with Gasteiger partial charge in [0.15, 0.2) is 0 Å². The maximum absolute atomic E-state index is 9.93. The minimum Gasteiger partial charge on any atom is 2.00 e. The first-order valence-corrected chi connectivity index (χ1v) is 5.72. The molecule has 0 amide bonds. The van der Waals surface area contributed by atoms with E-state index in [1.54, 1.807) is 0 Å². The molecule has 10 heteroatoms. The fourth-order valence-corrected chi connectivity index (χ4v) is 1.58. The van der Waals surface area contributed by atoms with E-state index < -0.39 is 49.0 Å². The third-order valence-electron chi connectivity index (χ3n) is 0.602. The standard InChI is InChI=1S/2C2H2O4.Ba.Pb/c2*3-1(4)2(5)6;;/h2*(H,3,4)(H,5,6);;/q;;2*+2/p-4. The van der Waals surface area contributed by atoms with Gasteiger partial charge in [-0.25, -0.2) is 0 Å². The van der Waals surface area contributed by atoms with Crippen LogP contribution in [-0.4, -0.2) is 97.9 Å². The molecule has 8 nitrogen and oxygen atoms in total. The van der Waals surface area contributed by atoms with Crippen molar-refractivity contribution in [3.05, 3.63) is 0 Å². The first kappa shape index (κ1) is 16.8. The number of aliphatic carboxylic acids is 2. The molecular weight excluding hydrogens is 521 g/mol. The van der Waals surface area contributed by atoms with E-state index in [4.69, 9.17) is 19.8 Å². The summed E-state index contributed by atoms with van der Waals surface area (Å²) in [6.45, 7) is 0. The second kappa shape index (κ2) is 8.66. The van der Waals surface area contributed by atoms with Gasteiger partial charge >= 0.3 is 101 Å². The fourth-order valence-electron chi connectivity index (χ4n) is 0.180. The average Bonchev–Trinajstić information content (AvgIpc) is 2.37. The van der Waals surface area contributed by atoms with Gasteiger partial charge in [0, 0.05) is 0 Å².